The zero-order chi connectivity index (χ0) is 15.1. The summed E-state index contributed by atoms with van der Waals surface area (Å²) >= 11 is 0. The molecule has 0 spiro atoms. The summed E-state index contributed by atoms with van der Waals surface area (Å²) in [5, 5.41) is 23.4. The number of aliphatic hydroxyl groups excluding tert-OH is 1. The number of nitro benzene ring substituents is 1. The molecule has 1 fully saturated rings. The number of benzene rings is 1. The van der Waals surface area contributed by atoms with Gasteiger partial charge in [-0.25, -0.2) is 0 Å². The second-order valence-electron chi connectivity index (χ2n) is 5.51. The third-order valence-corrected chi connectivity index (χ3v) is 3.48. The van der Waals surface area contributed by atoms with Crippen molar-refractivity contribution < 1.29 is 14.8 Å². The number of hydrogen-bond acceptors (Lipinski definition) is 5. The Balaban J connectivity index is 1.54. The summed E-state index contributed by atoms with van der Waals surface area (Å²) in [6.07, 6.45) is 2.79. The number of nitro groups is 1. The first-order chi connectivity index (χ1) is 10.1. The molecule has 1 aromatic carbocycles. The number of rotatable bonds is 10. The third kappa shape index (κ3) is 6.20. The average Bonchev–Trinajstić information content (AvgIpc) is 3.28. The molecule has 116 valence electrons. The molecular formula is C15H22N2O4. The van der Waals surface area contributed by atoms with Gasteiger partial charge in [0.25, 0.3) is 5.69 Å². The highest BCUT2D eigenvalue weighted by Gasteiger charge is 2.21. The molecule has 1 atom stereocenters. The van der Waals surface area contributed by atoms with Crippen LogP contribution in [0.2, 0.25) is 0 Å². The largest absolute Gasteiger partial charge is 0.389 e. The highest BCUT2D eigenvalue weighted by atomic mass is 16.6. The summed E-state index contributed by atoms with van der Waals surface area (Å²) in [5.41, 5.74) is 1.14. The Morgan fingerprint density at radius 2 is 2.10 bits per heavy atom. The summed E-state index contributed by atoms with van der Waals surface area (Å²) in [7, 11) is 0. The number of aliphatic hydroxyl groups is 1. The fourth-order valence-electron chi connectivity index (χ4n) is 2.00. The average molecular weight is 294 g/mol. The minimum absolute atomic E-state index is 0.106. The molecule has 1 aromatic rings. The first-order valence-corrected chi connectivity index (χ1v) is 7.35. The van der Waals surface area contributed by atoms with E-state index in [-0.39, 0.29) is 5.69 Å². The zero-order valence-corrected chi connectivity index (χ0v) is 12.0. The van der Waals surface area contributed by atoms with Crippen LogP contribution in [0.5, 0.6) is 0 Å². The van der Waals surface area contributed by atoms with E-state index in [0.717, 1.165) is 25.1 Å². The van der Waals surface area contributed by atoms with Crippen molar-refractivity contribution in [3.63, 3.8) is 0 Å². The van der Waals surface area contributed by atoms with Crippen molar-refractivity contribution in [3.05, 3.63) is 39.9 Å². The second-order valence-corrected chi connectivity index (χ2v) is 5.51. The molecule has 1 aliphatic rings. The summed E-state index contributed by atoms with van der Waals surface area (Å²) in [6.45, 7) is 2.36. The van der Waals surface area contributed by atoms with Crippen LogP contribution in [0.25, 0.3) is 0 Å². The predicted molar refractivity (Wildman–Crippen MR) is 79.2 cm³/mol. The van der Waals surface area contributed by atoms with Gasteiger partial charge >= 0.3 is 0 Å². The van der Waals surface area contributed by atoms with Crippen LogP contribution in [0, 0.1) is 16.0 Å². The van der Waals surface area contributed by atoms with Crippen LogP contribution >= 0.6 is 0 Å². The predicted octanol–water partition coefficient (Wildman–Crippen LogP) is 1.51. The molecule has 0 amide bonds. The Morgan fingerprint density at radius 1 is 1.38 bits per heavy atom. The molecular weight excluding hydrogens is 272 g/mol. The normalized spacial score (nSPS) is 15.9. The van der Waals surface area contributed by atoms with Crippen molar-refractivity contribution in [3.8, 4) is 0 Å². The third-order valence-electron chi connectivity index (χ3n) is 3.48. The van der Waals surface area contributed by atoms with Crippen molar-refractivity contribution in [2.45, 2.75) is 25.4 Å². The van der Waals surface area contributed by atoms with Crippen molar-refractivity contribution in [1.82, 2.24) is 5.32 Å². The van der Waals surface area contributed by atoms with Crippen LogP contribution in [0.4, 0.5) is 5.69 Å². The Labute approximate surface area is 124 Å². The van der Waals surface area contributed by atoms with Crippen LogP contribution < -0.4 is 5.32 Å². The smallest absolute Gasteiger partial charge is 0.269 e. The molecule has 2 rings (SSSR count). The maximum Gasteiger partial charge on any atom is 0.269 e. The van der Waals surface area contributed by atoms with E-state index in [4.69, 9.17) is 4.74 Å². The molecule has 1 saturated carbocycles. The molecule has 1 aliphatic carbocycles. The lowest BCUT2D eigenvalue weighted by molar-refractivity contribution is -0.384. The monoisotopic (exact) mass is 294 g/mol. The summed E-state index contributed by atoms with van der Waals surface area (Å²) < 4.78 is 5.42. The molecule has 0 heterocycles. The van der Waals surface area contributed by atoms with E-state index in [9.17, 15) is 15.2 Å². The molecule has 6 nitrogen and oxygen atoms in total. The quantitative estimate of drug-likeness (QED) is 0.388. The van der Waals surface area contributed by atoms with Gasteiger partial charge in [-0.3, -0.25) is 10.1 Å². The molecule has 2 N–H and O–H groups in total. The van der Waals surface area contributed by atoms with E-state index < -0.39 is 11.0 Å². The minimum Gasteiger partial charge on any atom is -0.389 e. The van der Waals surface area contributed by atoms with Gasteiger partial charge in [0, 0.05) is 25.3 Å². The van der Waals surface area contributed by atoms with Crippen LogP contribution in [0.1, 0.15) is 18.4 Å². The van der Waals surface area contributed by atoms with Gasteiger partial charge in [0.15, 0.2) is 0 Å². The van der Waals surface area contributed by atoms with Gasteiger partial charge in [-0.1, -0.05) is 12.1 Å². The lowest BCUT2D eigenvalue weighted by Crippen LogP contribution is -2.31. The topological polar surface area (TPSA) is 84.6 Å². The van der Waals surface area contributed by atoms with E-state index in [1.54, 1.807) is 12.1 Å². The highest BCUT2D eigenvalue weighted by molar-refractivity contribution is 5.32. The Hall–Kier alpha value is -1.50. The van der Waals surface area contributed by atoms with E-state index in [2.05, 4.69) is 5.32 Å². The molecule has 21 heavy (non-hydrogen) atoms. The lowest BCUT2D eigenvalue weighted by Gasteiger charge is -2.12. The first-order valence-electron chi connectivity index (χ1n) is 7.35. The first kappa shape index (κ1) is 15.9. The van der Waals surface area contributed by atoms with Crippen LogP contribution in [0.15, 0.2) is 24.3 Å². The molecule has 0 aliphatic heterocycles. The van der Waals surface area contributed by atoms with Crippen molar-refractivity contribution in [2.75, 3.05) is 26.3 Å². The molecule has 1 unspecified atom stereocenters. The Kier molecular flexibility index (Phi) is 6.10. The van der Waals surface area contributed by atoms with E-state index in [0.29, 0.717) is 19.1 Å². The van der Waals surface area contributed by atoms with Crippen LogP contribution in [-0.2, 0) is 11.2 Å². The summed E-state index contributed by atoms with van der Waals surface area (Å²) in [6, 6.07) is 6.54. The fraction of sp³-hybridized carbons (Fsp3) is 0.600. The number of nitrogens with one attached hydrogen (secondary N) is 1. The van der Waals surface area contributed by atoms with Gasteiger partial charge < -0.3 is 15.2 Å². The second kappa shape index (κ2) is 8.07. The number of hydrogen-bond donors (Lipinski definition) is 2. The fourth-order valence-corrected chi connectivity index (χ4v) is 2.00. The number of non-ortho nitro benzene ring substituents is 1. The van der Waals surface area contributed by atoms with Gasteiger partial charge in [-0.15, -0.1) is 0 Å². The zero-order valence-electron chi connectivity index (χ0n) is 12.0. The lowest BCUT2D eigenvalue weighted by atomic mass is 10.1. The van der Waals surface area contributed by atoms with Crippen molar-refractivity contribution >= 4 is 5.69 Å². The van der Waals surface area contributed by atoms with Crippen molar-refractivity contribution in [1.29, 1.82) is 0 Å². The summed E-state index contributed by atoms with van der Waals surface area (Å²) in [4.78, 5) is 10.1. The van der Waals surface area contributed by atoms with Crippen LogP contribution in [-0.4, -0.2) is 42.4 Å². The molecule has 0 saturated heterocycles. The number of ether oxygens (including phenoxy) is 1. The molecule has 6 heteroatoms. The standard InChI is InChI=1S/C15H22N2O4/c18-15(11-21-10-13-1-2-13)9-16-8-7-12-3-5-14(6-4-12)17(19)20/h3-6,13,15-16,18H,1-2,7-11H2. The highest BCUT2D eigenvalue weighted by Crippen LogP contribution is 2.28. The van der Waals surface area contributed by atoms with E-state index in [1.807, 2.05) is 0 Å². The Morgan fingerprint density at radius 3 is 2.71 bits per heavy atom. The SMILES string of the molecule is O=[N+]([O-])c1ccc(CCNCC(O)COCC2CC2)cc1. The summed E-state index contributed by atoms with van der Waals surface area (Å²) in [5.74, 6) is 0.715. The van der Waals surface area contributed by atoms with Gasteiger partial charge in [-0.2, -0.15) is 0 Å². The van der Waals surface area contributed by atoms with Gasteiger partial charge in [-0.05, 0) is 37.3 Å². The van der Waals surface area contributed by atoms with E-state index in [1.165, 1.54) is 25.0 Å². The van der Waals surface area contributed by atoms with Gasteiger partial charge in [0.2, 0.25) is 0 Å². The maximum atomic E-state index is 10.5. The van der Waals surface area contributed by atoms with Crippen LogP contribution in [0.3, 0.4) is 0 Å². The van der Waals surface area contributed by atoms with Crippen molar-refractivity contribution in [2.24, 2.45) is 5.92 Å². The number of nitrogens with zero attached hydrogens (tertiary/aromatic N) is 1. The molecule has 0 radical (unpaired) electrons. The Bertz CT molecular complexity index is 445. The molecule has 0 aromatic heterocycles. The van der Waals surface area contributed by atoms with E-state index >= 15 is 0 Å². The van der Waals surface area contributed by atoms with Gasteiger partial charge in [0.05, 0.1) is 17.6 Å². The minimum atomic E-state index is -0.486. The van der Waals surface area contributed by atoms with Gasteiger partial charge in [0.1, 0.15) is 0 Å². The maximum absolute atomic E-state index is 10.5. The molecule has 0 bridgehead atoms.